The van der Waals surface area contributed by atoms with Gasteiger partial charge in [-0.25, -0.2) is 4.79 Å². The molecule has 4 N–H and O–H groups in total. The molecule has 0 aromatic rings. The van der Waals surface area contributed by atoms with Crippen LogP contribution in [0.15, 0.2) is 5.18 Å². The Bertz CT molecular complexity index is 353. The smallest absolute Gasteiger partial charge is 0.335 e. The van der Waals surface area contributed by atoms with E-state index < -0.39 is 49.4 Å². The lowest BCUT2D eigenvalue weighted by atomic mass is 10.0. The van der Waals surface area contributed by atoms with Crippen molar-refractivity contribution >= 4 is 5.97 Å². The van der Waals surface area contributed by atoms with Crippen molar-refractivity contribution in [2.75, 3.05) is 20.3 Å². The van der Waals surface area contributed by atoms with Crippen molar-refractivity contribution in [2.24, 2.45) is 5.18 Å². The Kier molecular flexibility index (Phi) is 7.08. The molecule has 1 aliphatic rings. The van der Waals surface area contributed by atoms with E-state index in [1.165, 1.54) is 7.11 Å². The number of methoxy groups -OCH3 is 1. The van der Waals surface area contributed by atoms with Gasteiger partial charge in [0.1, 0.15) is 24.9 Å². The number of aliphatic hydroxyl groups is 3. The summed E-state index contributed by atoms with van der Waals surface area (Å²) in [5.41, 5.74) is 0. The molecule has 0 aromatic heterocycles. The summed E-state index contributed by atoms with van der Waals surface area (Å²) in [4.78, 5) is 21.2. The molecule has 1 aliphatic heterocycles. The normalized spacial score (nSPS) is 32.4. The first-order valence-electron chi connectivity index (χ1n) is 6.27. The topological polar surface area (TPSA) is 155 Å². The van der Waals surface area contributed by atoms with Crippen LogP contribution in [0.2, 0.25) is 0 Å². The molecule has 10 nitrogen and oxygen atoms in total. The van der Waals surface area contributed by atoms with Crippen LogP contribution in [-0.4, -0.2) is 83.5 Å². The SMILES string of the molecule is COC(CN=O)[C@H](CO)OC1OC(C(=O)O)[C@@H](O)C[C@@H]1O. The number of nitrogens with zero attached hydrogens (tertiary/aromatic N) is 1. The molecule has 6 atom stereocenters. The van der Waals surface area contributed by atoms with Crippen LogP contribution in [0.5, 0.6) is 0 Å². The van der Waals surface area contributed by atoms with Gasteiger partial charge < -0.3 is 34.6 Å². The predicted octanol–water partition coefficient (Wildman–Crippen LogP) is -1.93. The highest BCUT2D eigenvalue weighted by Crippen LogP contribution is 2.23. The number of carboxylic acid groups (broad SMARTS) is 1. The fourth-order valence-electron chi connectivity index (χ4n) is 1.99. The van der Waals surface area contributed by atoms with Crippen LogP contribution in [-0.2, 0) is 19.0 Å². The van der Waals surface area contributed by atoms with Crippen molar-refractivity contribution in [1.29, 1.82) is 0 Å². The zero-order valence-electron chi connectivity index (χ0n) is 11.4. The van der Waals surface area contributed by atoms with Crippen molar-refractivity contribution < 1.29 is 39.4 Å². The summed E-state index contributed by atoms with van der Waals surface area (Å²) < 4.78 is 15.2. The first-order chi connectivity index (χ1) is 9.94. The van der Waals surface area contributed by atoms with E-state index in [1.54, 1.807) is 0 Å². The van der Waals surface area contributed by atoms with Gasteiger partial charge in [-0.05, 0) is 0 Å². The van der Waals surface area contributed by atoms with Gasteiger partial charge in [0.15, 0.2) is 12.4 Å². The lowest BCUT2D eigenvalue weighted by Gasteiger charge is -2.37. The molecule has 0 saturated carbocycles. The summed E-state index contributed by atoms with van der Waals surface area (Å²) in [6.45, 7) is -0.851. The largest absolute Gasteiger partial charge is 0.479 e. The third-order valence-corrected chi connectivity index (χ3v) is 3.13. The molecule has 1 fully saturated rings. The molecular formula is C11H19NO9. The molecule has 10 heteroatoms. The Hall–Kier alpha value is -1.17. The third kappa shape index (κ3) is 4.66. The van der Waals surface area contributed by atoms with Gasteiger partial charge in [-0.3, -0.25) is 0 Å². The molecule has 0 bridgehead atoms. The predicted molar refractivity (Wildman–Crippen MR) is 66.3 cm³/mol. The zero-order valence-corrected chi connectivity index (χ0v) is 11.4. The molecular weight excluding hydrogens is 290 g/mol. The Morgan fingerprint density at radius 1 is 1.38 bits per heavy atom. The first kappa shape index (κ1) is 17.9. The minimum Gasteiger partial charge on any atom is -0.479 e. The summed E-state index contributed by atoms with van der Waals surface area (Å²) in [5.74, 6) is -1.40. The molecule has 0 spiro atoms. The number of aliphatic carboxylic acids is 1. The Morgan fingerprint density at radius 2 is 2.05 bits per heavy atom. The number of aliphatic hydroxyl groups excluding tert-OH is 3. The molecule has 1 saturated heterocycles. The van der Waals surface area contributed by atoms with Gasteiger partial charge in [0.2, 0.25) is 0 Å². The zero-order chi connectivity index (χ0) is 16.0. The van der Waals surface area contributed by atoms with Crippen molar-refractivity contribution in [2.45, 2.75) is 43.2 Å². The second-order valence-corrected chi connectivity index (χ2v) is 4.58. The number of hydrogen-bond donors (Lipinski definition) is 4. The van der Waals surface area contributed by atoms with Gasteiger partial charge in [-0.1, -0.05) is 5.18 Å². The number of hydrogen-bond acceptors (Lipinski definition) is 9. The minimum absolute atomic E-state index is 0.261. The highest BCUT2D eigenvalue weighted by atomic mass is 16.7. The van der Waals surface area contributed by atoms with Crippen LogP contribution in [0.3, 0.4) is 0 Å². The molecule has 122 valence electrons. The molecule has 0 aliphatic carbocycles. The van der Waals surface area contributed by atoms with Crippen LogP contribution in [0.4, 0.5) is 0 Å². The van der Waals surface area contributed by atoms with Crippen LogP contribution in [0.25, 0.3) is 0 Å². The maximum absolute atomic E-state index is 10.9. The van der Waals surface area contributed by atoms with E-state index in [2.05, 4.69) is 5.18 Å². The Balaban J connectivity index is 2.73. The molecule has 0 aromatic carbocycles. The summed E-state index contributed by atoms with van der Waals surface area (Å²) in [6.07, 6.45) is -7.77. The van der Waals surface area contributed by atoms with E-state index in [0.717, 1.165) is 0 Å². The van der Waals surface area contributed by atoms with Gasteiger partial charge in [-0.2, -0.15) is 4.91 Å². The molecule has 0 radical (unpaired) electrons. The van der Waals surface area contributed by atoms with E-state index in [-0.39, 0.29) is 13.0 Å². The summed E-state index contributed by atoms with van der Waals surface area (Å²) in [6, 6.07) is 0. The molecule has 0 amide bonds. The van der Waals surface area contributed by atoms with Gasteiger partial charge in [0.05, 0.1) is 12.7 Å². The van der Waals surface area contributed by atoms with Crippen molar-refractivity contribution in [3.05, 3.63) is 4.91 Å². The van der Waals surface area contributed by atoms with Crippen LogP contribution in [0.1, 0.15) is 6.42 Å². The Morgan fingerprint density at radius 3 is 2.52 bits per heavy atom. The van der Waals surface area contributed by atoms with E-state index in [0.29, 0.717) is 0 Å². The average Bonchev–Trinajstić information content (AvgIpc) is 2.44. The number of rotatable bonds is 8. The Labute approximate surface area is 120 Å². The van der Waals surface area contributed by atoms with Gasteiger partial charge in [0.25, 0.3) is 0 Å². The van der Waals surface area contributed by atoms with Gasteiger partial charge in [-0.15, -0.1) is 0 Å². The number of nitroso groups, excluding NO2 is 1. The molecule has 1 heterocycles. The van der Waals surface area contributed by atoms with Crippen LogP contribution in [0, 0.1) is 4.91 Å². The maximum Gasteiger partial charge on any atom is 0.335 e. The second kappa shape index (κ2) is 8.32. The quantitative estimate of drug-likeness (QED) is 0.375. The second-order valence-electron chi connectivity index (χ2n) is 4.58. The molecule has 21 heavy (non-hydrogen) atoms. The van der Waals surface area contributed by atoms with Crippen LogP contribution >= 0.6 is 0 Å². The average molecular weight is 309 g/mol. The molecule has 1 rings (SSSR count). The lowest BCUT2D eigenvalue weighted by Crippen LogP contribution is -2.53. The minimum atomic E-state index is -1.55. The monoisotopic (exact) mass is 309 g/mol. The van der Waals surface area contributed by atoms with E-state index in [9.17, 15) is 25.0 Å². The van der Waals surface area contributed by atoms with Gasteiger partial charge in [0, 0.05) is 13.5 Å². The number of carboxylic acids is 1. The van der Waals surface area contributed by atoms with Crippen LogP contribution < -0.4 is 0 Å². The van der Waals surface area contributed by atoms with Crippen molar-refractivity contribution in [1.82, 2.24) is 0 Å². The fourth-order valence-corrected chi connectivity index (χ4v) is 1.99. The van der Waals surface area contributed by atoms with Gasteiger partial charge >= 0.3 is 5.97 Å². The summed E-state index contributed by atoms with van der Waals surface area (Å²) >= 11 is 0. The number of ether oxygens (including phenoxy) is 3. The highest BCUT2D eigenvalue weighted by molar-refractivity contribution is 5.73. The third-order valence-electron chi connectivity index (χ3n) is 3.13. The van der Waals surface area contributed by atoms with E-state index in [4.69, 9.17) is 19.3 Å². The van der Waals surface area contributed by atoms with E-state index in [1.807, 2.05) is 0 Å². The van der Waals surface area contributed by atoms with Crippen molar-refractivity contribution in [3.63, 3.8) is 0 Å². The number of carbonyl (C=O) groups is 1. The van der Waals surface area contributed by atoms with Crippen molar-refractivity contribution in [3.8, 4) is 0 Å². The first-order valence-corrected chi connectivity index (χ1v) is 6.27. The highest BCUT2D eigenvalue weighted by Gasteiger charge is 2.42. The van der Waals surface area contributed by atoms with E-state index >= 15 is 0 Å². The summed E-state index contributed by atoms with van der Waals surface area (Å²) in [7, 11) is 1.28. The molecule has 3 unspecified atom stereocenters. The summed E-state index contributed by atoms with van der Waals surface area (Å²) in [5, 5.41) is 40.0. The fraction of sp³-hybridized carbons (Fsp3) is 0.909. The standard InChI is InChI=1S/C11H19NO9/c1-19-7(3-12-18)8(4-13)20-11-6(15)2-5(14)9(21-11)10(16)17/h5-9,11,13-15H,2-4H2,1H3,(H,16,17)/t5-,6-,7?,8-,9?,11?/m0/s1. The lowest BCUT2D eigenvalue weighted by molar-refractivity contribution is -0.288. The maximum atomic E-state index is 10.9.